The van der Waals surface area contributed by atoms with E-state index in [1.807, 2.05) is 13.8 Å². The average molecular weight is 240 g/mol. The second-order valence-corrected chi connectivity index (χ2v) is 4.35. The fourth-order valence-electron chi connectivity index (χ4n) is 1.31. The van der Waals surface area contributed by atoms with Gasteiger partial charge in [-0.3, -0.25) is 9.89 Å². The Balaban J connectivity index is 2.67. The van der Waals surface area contributed by atoms with Crippen LogP contribution in [0.3, 0.4) is 0 Å². The maximum atomic E-state index is 11.8. The van der Waals surface area contributed by atoms with Gasteiger partial charge < -0.3 is 16.2 Å². The van der Waals surface area contributed by atoms with Gasteiger partial charge in [0.25, 0.3) is 5.91 Å². The number of aromatic nitrogens is 2. The molecule has 1 unspecified atom stereocenters. The first-order valence-corrected chi connectivity index (χ1v) is 5.74. The second kappa shape index (κ2) is 5.18. The topological polar surface area (TPSA) is 104 Å². The summed E-state index contributed by atoms with van der Waals surface area (Å²) in [7, 11) is 0. The Morgan fingerprint density at radius 2 is 2.24 bits per heavy atom. The molecule has 6 nitrogen and oxygen atoms in total. The Morgan fingerprint density at radius 1 is 1.59 bits per heavy atom. The number of nitrogens with one attached hydrogen (secondary N) is 2. The summed E-state index contributed by atoms with van der Waals surface area (Å²) in [6.07, 6.45) is 1.25. The number of H-pyrrole nitrogens is 1. The van der Waals surface area contributed by atoms with E-state index in [4.69, 9.17) is 5.73 Å². The van der Waals surface area contributed by atoms with Gasteiger partial charge in [0, 0.05) is 6.54 Å². The number of hydrogen-bond donors (Lipinski definition) is 4. The van der Waals surface area contributed by atoms with E-state index in [9.17, 15) is 9.90 Å². The molecule has 0 radical (unpaired) electrons. The van der Waals surface area contributed by atoms with Crippen molar-refractivity contribution in [3.05, 3.63) is 11.4 Å². The molecule has 17 heavy (non-hydrogen) atoms. The van der Waals surface area contributed by atoms with E-state index < -0.39 is 5.60 Å². The molecule has 5 N–H and O–H groups in total. The number of hydrogen-bond acceptors (Lipinski definition) is 4. The molecule has 0 bridgehead atoms. The molecule has 1 heterocycles. The molecule has 1 aromatic rings. The monoisotopic (exact) mass is 240 g/mol. The third-order valence-electron chi connectivity index (χ3n) is 2.84. The highest BCUT2D eigenvalue weighted by Crippen LogP contribution is 2.14. The molecule has 0 aliphatic rings. The van der Waals surface area contributed by atoms with Crippen LogP contribution in [0.15, 0.2) is 0 Å². The predicted octanol–water partition coefficient (Wildman–Crippen LogP) is 0.445. The first kappa shape index (κ1) is 13.5. The minimum absolute atomic E-state index is 0.177. The number of anilines is 1. The Bertz CT molecular complexity index is 398. The first-order valence-electron chi connectivity index (χ1n) is 5.74. The molecule has 0 saturated carbocycles. The Labute approximate surface area is 101 Å². The van der Waals surface area contributed by atoms with E-state index in [0.29, 0.717) is 18.5 Å². The van der Waals surface area contributed by atoms with Crippen molar-refractivity contribution in [2.24, 2.45) is 0 Å². The summed E-state index contributed by atoms with van der Waals surface area (Å²) in [5, 5.41) is 19.0. The fourth-order valence-corrected chi connectivity index (χ4v) is 1.31. The van der Waals surface area contributed by atoms with Crippen molar-refractivity contribution < 1.29 is 9.90 Å². The minimum atomic E-state index is -0.908. The predicted molar refractivity (Wildman–Crippen MR) is 65.6 cm³/mol. The zero-order chi connectivity index (χ0) is 13.1. The van der Waals surface area contributed by atoms with Crippen LogP contribution in [0.5, 0.6) is 0 Å². The number of aromatic amines is 1. The van der Waals surface area contributed by atoms with E-state index in [2.05, 4.69) is 15.5 Å². The molecule has 1 aromatic heterocycles. The van der Waals surface area contributed by atoms with Crippen LogP contribution in [-0.4, -0.2) is 33.4 Å². The van der Waals surface area contributed by atoms with Gasteiger partial charge in [-0.15, -0.1) is 0 Å². The molecule has 0 aromatic carbocycles. The SMILES string of the molecule is CCc1[nH]nc(C(=O)NCC(C)(O)CC)c1N. The van der Waals surface area contributed by atoms with Crippen molar-refractivity contribution in [1.82, 2.24) is 15.5 Å². The van der Waals surface area contributed by atoms with Crippen LogP contribution >= 0.6 is 0 Å². The number of rotatable bonds is 5. The van der Waals surface area contributed by atoms with Crippen LogP contribution in [0.25, 0.3) is 0 Å². The highest BCUT2D eigenvalue weighted by Gasteiger charge is 2.21. The van der Waals surface area contributed by atoms with Gasteiger partial charge >= 0.3 is 0 Å². The molecule has 0 saturated heterocycles. The smallest absolute Gasteiger partial charge is 0.274 e. The van der Waals surface area contributed by atoms with Crippen LogP contribution in [0.4, 0.5) is 5.69 Å². The molecule has 6 heteroatoms. The Kier molecular flexibility index (Phi) is 4.11. The van der Waals surface area contributed by atoms with Gasteiger partial charge in [0.1, 0.15) is 0 Å². The van der Waals surface area contributed by atoms with Gasteiger partial charge in [0.05, 0.1) is 17.0 Å². The van der Waals surface area contributed by atoms with E-state index >= 15 is 0 Å². The lowest BCUT2D eigenvalue weighted by molar-refractivity contribution is 0.0517. The van der Waals surface area contributed by atoms with Crippen molar-refractivity contribution in [3.63, 3.8) is 0 Å². The van der Waals surface area contributed by atoms with Gasteiger partial charge in [0.15, 0.2) is 5.69 Å². The number of carbonyl (C=O) groups excluding carboxylic acids is 1. The zero-order valence-electron chi connectivity index (χ0n) is 10.5. The van der Waals surface area contributed by atoms with Crippen molar-refractivity contribution in [2.45, 2.75) is 39.2 Å². The summed E-state index contributed by atoms with van der Waals surface area (Å²) < 4.78 is 0. The van der Waals surface area contributed by atoms with Crippen molar-refractivity contribution in [2.75, 3.05) is 12.3 Å². The number of nitrogen functional groups attached to an aromatic ring is 1. The van der Waals surface area contributed by atoms with Crippen LogP contribution in [0.1, 0.15) is 43.4 Å². The van der Waals surface area contributed by atoms with Crippen LogP contribution < -0.4 is 11.1 Å². The summed E-state index contributed by atoms with van der Waals surface area (Å²) in [4.78, 5) is 11.8. The molecule has 96 valence electrons. The molecule has 0 fully saturated rings. The molecule has 1 rings (SSSR count). The number of nitrogens with zero attached hydrogens (tertiary/aromatic N) is 1. The summed E-state index contributed by atoms with van der Waals surface area (Å²) in [5.74, 6) is -0.368. The summed E-state index contributed by atoms with van der Waals surface area (Å²) in [6.45, 7) is 5.62. The summed E-state index contributed by atoms with van der Waals surface area (Å²) in [5.41, 5.74) is 6.17. The molecular formula is C11H20N4O2. The molecule has 0 spiro atoms. The van der Waals surface area contributed by atoms with Crippen LogP contribution in [0, 0.1) is 0 Å². The van der Waals surface area contributed by atoms with Crippen molar-refractivity contribution in [1.29, 1.82) is 0 Å². The molecule has 0 aliphatic carbocycles. The molecule has 1 atom stereocenters. The highest BCUT2D eigenvalue weighted by atomic mass is 16.3. The van der Waals surface area contributed by atoms with Gasteiger partial charge in [-0.25, -0.2) is 0 Å². The molecule has 1 amide bonds. The fraction of sp³-hybridized carbons (Fsp3) is 0.636. The van der Waals surface area contributed by atoms with E-state index in [0.717, 1.165) is 5.69 Å². The van der Waals surface area contributed by atoms with Gasteiger partial charge in [-0.1, -0.05) is 13.8 Å². The first-order chi connectivity index (χ1) is 7.91. The second-order valence-electron chi connectivity index (χ2n) is 4.35. The number of aliphatic hydroxyl groups is 1. The van der Waals surface area contributed by atoms with Crippen molar-refractivity contribution >= 4 is 11.6 Å². The summed E-state index contributed by atoms with van der Waals surface area (Å²) in [6, 6.07) is 0. The maximum Gasteiger partial charge on any atom is 0.274 e. The number of aryl methyl sites for hydroxylation is 1. The number of nitrogens with two attached hydrogens (primary N) is 1. The molecule has 0 aliphatic heterocycles. The largest absolute Gasteiger partial charge is 0.395 e. The minimum Gasteiger partial charge on any atom is -0.395 e. The van der Waals surface area contributed by atoms with Gasteiger partial charge in [0.2, 0.25) is 0 Å². The highest BCUT2D eigenvalue weighted by molar-refractivity contribution is 5.97. The zero-order valence-corrected chi connectivity index (χ0v) is 10.5. The van der Waals surface area contributed by atoms with E-state index in [1.165, 1.54) is 0 Å². The Morgan fingerprint density at radius 3 is 2.71 bits per heavy atom. The van der Waals surface area contributed by atoms with Gasteiger partial charge in [-0.2, -0.15) is 5.10 Å². The van der Waals surface area contributed by atoms with Crippen molar-refractivity contribution in [3.8, 4) is 0 Å². The quantitative estimate of drug-likeness (QED) is 0.599. The van der Waals surface area contributed by atoms with Crippen LogP contribution in [0.2, 0.25) is 0 Å². The average Bonchev–Trinajstić information content (AvgIpc) is 2.67. The summed E-state index contributed by atoms with van der Waals surface area (Å²) >= 11 is 0. The standard InChI is InChI=1S/C11H20N4O2/c1-4-7-8(12)9(15-14-7)10(16)13-6-11(3,17)5-2/h17H,4-6,12H2,1-3H3,(H,13,16)(H,14,15). The number of amides is 1. The lowest BCUT2D eigenvalue weighted by atomic mass is 10.0. The number of carbonyl (C=O) groups is 1. The maximum absolute atomic E-state index is 11.8. The lowest BCUT2D eigenvalue weighted by Gasteiger charge is -2.21. The van der Waals surface area contributed by atoms with Crippen LogP contribution in [-0.2, 0) is 6.42 Å². The third kappa shape index (κ3) is 3.20. The Hall–Kier alpha value is -1.56. The van der Waals surface area contributed by atoms with E-state index in [1.54, 1.807) is 6.92 Å². The lowest BCUT2D eigenvalue weighted by Crippen LogP contribution is -2.40. The van der Waals surface area contributed by atoms with Gasteiger partial charge in [-0.05, 0) is 19.8 Å². The molecular weight excluding hydrogens is 220 g/mol. The third-order valence-corrected chi connectivity index (χ3v) is 2.84. The normalized spacial score (nSPS) is 14.4. The van der Waals surface area contributed by atoms with E-state index in [-0.39, 0.29) is 18.1 Å².